The molecule has 3 heterocycles. The number of rotatable bonds is 5. The lowest BCUT2D eigenvalue weighted by Crippen LogP contribution is -2.33. The summed E-state index contributed by atoms with van der Waals surface area (Å²) in [5.74, 6) is 0.846. The Hall–Kier alpha value is -2.24. The third-order valence-corrected chi connectivity index (χ3v) is 5.48. The van der Waals surface area contributed by atoms with Gasteiger partial charge in [-0.05, 0) is 5.56 Å². The Morgan fingerprint density at radius 3 is 2.63 bits per heavy atom. The molecule has 1 fully saturated rings. The first kappa shape index (κ1) is 18.1. The summed E-state index contributed by atoms with van der Waals surface area (Å²) in [7, 11) is 0. The number of hydrogen-bond acceptors (Lipinski definition) is 9. The van der Waals surface area contributed by atoms with E-state index in [0.717, 1.165) is 5.56 Å². The summed E-state index contributed by atoms with van der Waals surface area (Å²) in [5, 5.41) is 30.5. The van der Waals surface area contributed by atoms with E-state index < -0.39 is 31.1 Å². The number of nitrogens with two attached hydrogens (primary N) is 1. The molecular formula is C17H19N5O4S. The highest BCUT2D eigenvalue weighted by atomic mass is 32.2. The molecule has 1 aliphatic rings. The molecule has 10 heteroatoms. The first-order valence-electron chi connectivity index (χ1n) is 8.37. The van der Waals surface area contributed by atoms with Crippen molar-refractivity contribution in [2.24, 2.45) is 0 Å². The zero-order chi connectivity index (χ0) is 19.0. The van der Waals surface area contributed by atoms with Gasteiger partial charge in [0.15, 0.2) is 28.4 Å². The van der Waals surface area contributed by atoms with Crippen LogP contribution in [0.5, 0.6) is 0 Å². The largest absolute Gasteiger partial charge is 0.394 e. The van der Waals surface area contributed by atoms with Gasteiger partial charge in [0.05, 0.1) is 6.61 Å². The topological polar surface area (TPSA) is 140 Å². The minimum atomic E-state index is -1.24. The summed E-state index contributed by atoms with van der Waals surface area (Å²) in [6.07, 6.45) is -3.00. The molecule has 142 valence electrons. The number of thioether (sulfide) groups is 1. The average Bonchev–Trinajstić information content (AvgIpc) is 3.19. The number of anilines is 1. The van der Waals surface area contributed by atoms with Gasteiger partial charge in [0.2, 0.25) is 0 Å². The number of hydrogen-bond donors (Lipinski definition) is 4. The Bertz CT molecular complexity index is 938. The summed E-state index contributed by atoms with van der Waals surface area (Å²) >= 11 is 1.43. The highest BCUT2D eigenvalue weighted by molar-refractivity contribution is 7.98. The zero-order valence-electron chi connectivity index (χ0n) is 14.2. The van der Waals surface area contributed by atoms with Gasteiger partial charge >= 0.3 is 0 Å². The molecule has 9 nitrogen and oxygen atoms in total. The quantitative estimate of drug-likeness (QED) is 0.454. The number of ether oxygens (including phenoxy) is 1. The van der Waals surface area contributed by atoms with Gasteiger partial charge in [-0.25, -0.2) is 15.0 Å². The van der Waals surface area contributed by atoms with Crippen molar-refractivity contribution in [3.8, 4) is 0 Å². The molecule has 4 rings (SSSR count). The van der Waals surface area contributed by atoms with E-state index >= 15 is 0 Å². The van der Waals surface area contributed by atoms with Crippen molar-refractivity contribution in [3.05, 3.63) is 42.2 Å². The molecule has 0 spiro atoms. The van der Waals surface area contributed by atoms with Crippen molar-refractivity contribution in [3.63, 3.8) is 0 Å². The number of nitrogen functional groups attached to an aromatic ring is 1. The first-order chi connectivity index (χ1) is 13.1. The Morgan fingerprint density at radius 2 is 1.93 bits per heavy atom. The lowest BCUT2D eigenvalue weighted by atomic mass is 10.1. The predicted molar refractivity (Wildman–Crippen MR) is 98.7 cm³/mol. The second-order valence-corrected chi connectivity index (χ2v) is 7.14. The van der Waals surface area contributed by atoms with E-state index in [-0.39, 0.29) is 5.82 Å². The van der Waals surface area contributed by atoms with E-state index in [2.05, 4.69) is 15.0 Å². The molecule has 0 saturated carbocycles. The van der Waals surface area contributed by atoms with Crippen LogP contribution in [0.2, 0.25) is 0 Å². The second-order valence-electron chi connectivity index (χ2n) is 6.20. The van der Waals surface area contributed by atoms with Gasteiger partial charge in [0.25, 0.3) is 0 Å². The molecule has 4 atom stereocenters. The minimum Gasteiger partial charge on any atom is -0.394 e. The van der Waals surface area contributed by atoms with Crippen LogP contribution in [0.3, 0.4) is 0 Å². The Kier molecular flexibility index (Phi) is 4.98. The lowest BCUT2D eigenvalue weighted by molar-refractivity contribution is -0.0548. The smallest absolute Gasteiger partial charge is 0.172 e. The van der Waals surface area contributed by atoms with Gasteiger partial charge in [0, 0.05) is 5.75 Å². The summed E-state index contributed by atoms with van der Waals surface area (Å²) < 4.78 is 7.28. The van der Waals surface area contributed by atoms with Gasteiger partial charge < -0.3 is 25.8 Å². The Labute approximate surface area is 158 Å². The maximum atomic E-state index is 10.5. The van der Waals surface area contributed by atoms with Crippen molar-refractivity contribution < 1.29 is 20.1 Å². The van der Waals surface area contributed by atoms with Crippen LogP contribution in [0.4, 0.5) is 5.82 Å². The first-order valence-corrected chi connectivity index (χ1v) is 9.36. The minimum absolute atomic E-state index is 0.215. The van der Waals surface area contributed by atoms with Crippen LogP contribution in [0.15, 0.2) is 41.8 Å². The van der Waals surface area contributed by atoms with E-state index in [1.54, 1.807) is 4.57 Å². The summed E-state index contributed by atoms with van der Waals surface area (Å²) in [6.45, 7) is -0.412. The average molecular weight is 389 g/mol. The lowest BCUT2D eigenvalue weighted by Gasteiger charge is -2.19. The molecule has 1 saturated heterocycles. The van der Waals surface area contributed by atoms with E-state index in [0.29, 0.717) is 22.1 Å². The molecule has 0 amide bonds. The summed E-state index contributed by atoms with van der Waals surface area (Å²) in [4.78, 5) is 12.7. The number of benzene rings is 1. The Morgan fingerprint density at radius 1 is 1.15 bits per heavy atom. The maximum Gasteiger partial charge on any atom is 0.172 e. The third kappa shape index (κ3) is 3.26. The van der Waals surface area contributed by atoms with Gasteiger partial charge in [-0.1, -0.05) is 42.1 Å². The molecule has 5 N–H and O–H groups in total. The van der Waals surface area contributed by atoms with Gasteiger partial charge in [-0.3, -0.25) is 4.57 Å². The number of imidazole rings is 1. The molecule has 1 aliphatic heterocycles. The van der Waals surface area contributed by atoms with E-state index in [1.807, 2.05) is 30.3 Å². The van der Waals surface area contributed by atoms with Crippen molar-refractivity contribution in [2.45, 2.75) is 35.4 Å². The number of aliphatic hydroxyl groups is 3. The molecule has 0 aliphatic carbocycles. The third-order valence-electron chi connectivity index (χ3n) is 4.46. The highest BCUT2D eigenvalue weighted by Gasteiger charge is 2.45. The zero-order valence-corrected chi connectivity index (χ0v) is 15.0. The fraction of sp³-hybridized carbons (Fsp3) is 0.353. The SMILES string of the molecule is Nc1ncnc2c1nc(SCc1ccccc1)n2[C@@H]1O[C@H](CO)[C@@H](O)[C@H]1O. The summed E-state index contributed by atoms with van der Waals surface area (Å²) in [5.41, 5.74) is 7.82. The fourth-order valence-corrected chi connectivity index (χ4v) is 4.03. The van der Waals surface area contributed by atoms with E-state index in [1.165, 1.54) is 18.1 Å². The normalized spacial score (nSPS) is 25.3. The molecule has 0 radical (unpaired) electrons. The molecular weight excluding hydrogens is 370 g/mol. The van der Waals surface area contributed by atoms with Crippen LogP contribution >= 0.6 is 11.8 Å². The van der Waals surface area contributed by atoms with Crippen molar-refractivity contribution in [1.82, 2.24) is 19.5 Å². The van der Waals surface area contributed by atoms with Crippen molar-refractivity contribution in [1.29, 1.82) is 0 Å². The molecule has 1 aromatic carbocycles. The Balaban J connectivity index is 1.74. The van der Waals surface area contributed by atoms with E-state index in [9.17, 15) is 15.3 Å². The monoisotopic (exact) mass is 389 g/mol. The van der Waals surface area contributed by atoms with Gasteiger partial charge in [0.1, 0.15) is 24.6 Å². The number of fused-ring (bicyclic) bond motifs is 1. The van der Waals surface area contributed by atoms with Gasteiger partial charge in [-0.15, -0.1) is 0 Å². The second kappa shape index (κ2) is 7.41. The summed E-state index contributed by atoms with van der Waals surface area (Å²) in [6, 6.07) is 9.85. The van der Waals surface area contributed by atoms with Crippen LogP contribution in [0.25, 0.3) is 11.2 Å². The predicted octanol–water partition coefficient (Wildman–Crippen LogP) is 0.312. The van der Waals surface area contributed by atoms with E-state index in [4.69, 9.17) is 10.5 Å². The van der Waals surface area contributed by atoms with Crippen LogP contribution < -0.4 is 5.73 Å². The molecule has 0 unspecified atom stereocenters. The number of nitrogens with zero attached hydrogens (tertiary/aromatic N) is 4. The van der Waals surface area contributed by atoms with Crippen molar-refractivity contribution in [2.75, 3.05) is 12.3 Å². The van der Waals surface area contributed by atoms with Crippen LogP contribution in [-0.2, 0) is 10.5 Å². The standard InChI is InChI=1S/C17H19N5O4S/c18-14-11-15(20-8-19-14)22(16-13(25)12(24)10(6-23)26-16)17(21-11)27-7-9-4-2-1-3-5-9/h1-5,8,10,12-13,16,23-25H,6-7H2,(H2,18,19,20)/t10-,12-,13-,16-/m1/s1. The fourth-order valence-electron chi connectivity index (χ4n) is 3.05. The number of aliphatic hydroxyl groups excluding tert-OH is 3. The van der Waals surface area contributed by atoms with Crippen molar-refractivity contribution >= 4 is 28.7 Å². The molecule has 0 bridgehead atoms. The van der Waals surface area contributed by atoms with Crippen LogP contribution in [0, 0.1) is 0 Å². The highest BCUT2D eigenvalue weighted by Crippen LogP contribution is 2.37. The molecule has 3 aromatic rings. The maximum absolute atomic E-state index is 10.5. The van der Waals surface area contributed by atoms with Crippen LogP contribution in [-0.4, -0.2) is 59.8 Å². The van der Waals surface area contributed by atoms with Gasteiger partial charge in [-0.2, -0.15) is 0 Å². The van der Waals surface area contributed by atoms with Crippen LogP contribution in [0.1, 0.15) is 11.8 Å². The molecule has 2 aromatic heterocycles. The molecule has 27 heavy (non-hydrogen) atoms. The number of aromatic nitrogens is 4.